The van der Waals surface area contributed by atoms with Gasteiger partial charge in [0.1, 0.15) is 0 Å². The fourth-order valence-electron chi connectivity index (χ4n) is 9.40. The van der Waals surface area contributed by atoms with Crippen LogP contribution in [0.25, 0.3) is 0 Å². The van der Waals surface area contributed by atoms with Gasteiger partial charge in [-0.3, -0.25) is 0 Å². The molecular weight excluding hydrogens is 392 g/mol. The number of hydrogen-bond donors (Lipinski definition) is 2. The predicted octanol–water partition coefficient (Wildman–Crippen LogP) is 7.45. The second-order valence-electron chi connectivity index (χ2n) is 13.7. The van der Waals surface area contributed by atoms with Crippen molar-refractivity contribution in [1.29, 1.82) is 0 Å². The molecule has 0 aliphatic heterocycles. The number of hydrogen-bond acceptors (Lipinski definition) is 2. The standard InChI is InChI=1S/C30H50O2/c1-19(2)9-11-24(31)20(3)21-13-17-30(8)23-10-12-25-27(4,5)26(32)15-16-28(25,6)22(23)14-18-29(21,30)7/h9,20-21,24-26,31-32H,10-18H2,1-8H3/t20-,21+,24-,25-,26-,28+,29+,30-/m0/s1. The second-order valence-corrected chi connectivity index (χ2v) is 13.7. The van der Waals surface area contributed by atoms with E-state index < -0.39 is 0 Å². The molecule has 0 bridgehead atoms. The molecule has 0 saturated heterocycles. The fraction of sp³-hybridized carbons (Fsp3) is 0.867. The van der Waals surface area contributed by atoms with Crippen LogP contribution in [0.5, 0.6) is 0 Å². The molecule has 0 unspecified atom stereocenters. The van der Waals surface area contributed by atoms with Gasteiger partial charge in [-0.2, -0.15) is 0 Å². The highest BCUT2D eigenvalue weighted by Crippen LogP contribution is 2.72. The van der Waals surface area contributed by atoms with E-state index in [0.29, 0.717) is 17.8 Å². The summed E-state index contributed by atoms with van der Waals surface area (Å²) in [5.74, 6) is 1.53. The van der Waals surface area contributed by atoms with Gasteiger partial charge in [-0.1, -0.05) is 64.3 Å². The number of aliphatic hydroxyl groups is 2. The van der Waals surface area contributed by atoms with Crippen molar-refractivity contribution < 1.29 is 10.2 Å². The molecule has 32 heavy (non-hydrogen) atoms. The van der Waals surface area contributed by atoms with Gasteiger partial charge >= 0.3 is 0 Å². The number of fused-ring (bicyclic) bond motifs is 4. The first kappa shape index (κ1) is 24.5. The van der Waals surface area contributed by atoms with Crippen LogP contribution in [0.4, 0.5) is 0 Å². The summed E-state index contributed by atoms with van der Waals surface area (Å²) in [6, 6.07) is 0. The molecule has 0 radical (unpaired) electrons. The van der Waals surface area contributed by atoms with Crippen molar-refractivity contribution in [2.75, 3.05) is 0 Å². The summed E-state index contributed by atoms with van der Waals surface area (Å²) in [7, 11) is 0. The van der Waals surface area contributed by atoms with Crippen LogP contribution in [0, 0.1) is 39.4 Å². The molecule has 2 N–H and O–H groups in total. The monoisotopic (exact) mass is 442 g/mol. The molecule has 2 fully saturated rings. The maximum atomic E-state index is 11.0. The van der Waals surface area contributed by atoms with E-state index in [1.54, 1.807) is 11.1 Å². The SMILES string of the molecule is CC(C)=CC[C@H](O)[C@@H](C)[C@H]1CC[C@@]2(C)C3=C(CC[C@]12C)[C@@]1(C)CC[C@H](O)C(C)(C)[C@@H]1CC3. The third kappa shape index (κ3) is 3.33. The molecule has 8 atom stereocenters. The Balaban J connectivity index is 1.67. The van der Waals surface area contributed by atoms with Crippen LogP contribution in [-0.4, -0.2) is 22.4 Å². The zero-order valence-corrected chi connectivity index (χ0v) is 22.2. The minimum absolute atomic E-state index is 0.00888. The normalized spacial score (nSPS) is 44.9. The molecule has 4 aliphatic rings. The Kier molecular flexibility index (Phi) is 6.11. The van der Waals surface area contributed by atoms with Crippen molar-refractivity contribution >= 4 is 0 Å². The van der Waals surface area contributed by atoms with Crippen LogP contribution in [0.1, 0.15) is 113 Å². The molecule has 2 heteroatoms. The van der Waals surface area contributed by atoms with Crippen LogP contribution >= 0.6 is 0 Å². The highest BCUT2D eigenvalue weighted by atomic mass is 16.3. The summed E-state index contributed by atoms with van der Waals surface area (Å²) >= 11 is 0. The lowest BCUT2D eigenvalue weighted by Gasteiger charge is -2.62. The Morgan fingerprint density at radius 1 is 0.969 bits per heavy atom. The number of rotatable bonds is 4. The van der Waals surface area contributed by atoms with Crippen LogP contribution in [0.3, 0.4) is 0 Å². The van der Waals surface area contributed by atoms with Gasteiger partial charge in [0.25, 0.3) is 0 Å². The van der Waals surface area contributed by atoms with Crippen LogP contribution in [0.15, 0.2) is 22.8 Å². The molecule has 0 aromatic carbocycles. The van der Waals surface area contributed by atoms with Gasteiger partial charge < -0.3 is 10.2 Å². The first-order chi connectivity index (χ1) is 14.8. The lowest BCUT2D eigenvalue weighted by Crippen LogP contribution is -2.55. The van der Waals surface area contributed by atoms with Crippen molar-refractivity contribution in [3.63, 3.8) is 0 Å². The Hall–Kier alpha value is -0.600. The van der Waals surface area contributed by atoms with E-state index in [-0.39, 0.29) is 33.9 Å². The number of allylic oxidation sites excluding steroid dienone is 3. The van der Waals surface area contributed by atoms with E-state index in [1.165, 1.54) is 44.1 Å². The van der Waals surface area contributed by atoms with E-state index >= 15 is 0 Å². The quantitative estimate of drug-likeness (QED) is 0.444. The molecule has 0 amide bonds. The fourth-order valence-corrected chi connectivity index (χ4v) is 9.40. The highest BCUT2D eigenvalue weighted by molar-refractivity contribution is 5.38. The first-order valence-corrected chi connectivity index (χ1v) is 13.5. The van der Waals surface area contributed by atoms with E-state index in [4.69, 9.17) is 0 Å². The minimum Gasteiger partial charge on any atom is -0.393 e. The zero-order valence-electron chi connectivity index (χ0n) is 22.2. The smallest absolute Gasteiger partial charge is 0.0603 e. The molecular formula is C30H50O2. The van der Waals surface area contributed by atoms with E-state index in [0.717, 1.165) is 19.3 Å². The zero-order chi connectivity index (χ0) is 23.7. The van der Waals surface area contributed by atoms with Gasteiger partial charge in [0.2, 0.25) is 0 Å². The minimum atomic E-state index is -0.238. The van der Waals surface area contributed by atoms with Gasteiger partial charge in [-0.25, -0.2) is 0 Å². The molecule has 0 spiro atoms. The predicted molar refractivity (Wildman–Crippen MR) is 134 cm³/mol. The summed E-state index contributed by atoms with van der Waals surface area (Å²) in [6.07, 6.45) is 12.2. The molecule has 0 aromatic rings. The first-order valence-electron chi connectivity index (χ1n) is 13.5. The van der Waals surface area contributed by atoms with Crippen LogP contribution in [-0.2, 0) is 0 Å². The van der Waals surface area contributed by atoms with Gasteiger partial charge in [0.15, 0.2) is 0 Å². The van der Waals surface area contributed by atoms with Crippen molar-refractivity contribution in [2.24, 2.45) is 39.4 Å². The summed E-state index contributed by atoms with van der Waals surface area (Å²) in [5, 5.41) is 21.9. The summed E-state index contributed by atoms with van der Waals surface area (Å²) in [6.45, 7) is 18.9. The lowest BCUT2D eigenvalue weighted by molar-refractivity contribution is -0.0969. The van der Waals surface area contributed by atoms with Crippen LogP contribution in [0.2, 0.25) is 0 Å². The van der Waals surface area contributed by atoms with Crippen molar-refractivity contribution in [2.45, 2.75) is 125 Å². The van der Waals surface area contributed by atoms with E-state index in [1.807, 2.05) is 0 Å². The van der Waals surface area contributed by atoms with Gasteiger partial charge in [0, 0.05) is 0 Å². The molecule has 2 nitrogen and oxygen atoms in total. The van der Waals surface area contributed by atoms with Gasteiger partial charge in [-0.05, 0) is 111 Å². The van der Waals surface area contributed by atoms with Crippen molar-refractivity contribution in [1.82, 2.24) is 0 Å². The van der Waals surface area contributed by atoms with E-state index in [2.05, 4.69) is 61.5 Å². The largest absolute Gasteiger partial charge is 0.393 e. The molecule has 4 rings (SSSR count). The van der Waals surface area contributed by atoms with Crippen molar-refractivity contribution in [3.05, 3.63) is 22.8 Å². The Morgan fingerprint density at radius 3 is 2.31 bits per heavy atom. The maximum Gasteiger partial charge on any atom is 0.0603 e. The lowest BCUT2D eigenvalue weighted by atomic mass is 9.43. The summed E-state index contributed by atoms with van der Waals surface area (Å²) in [4.78, 5) is 0. The Bertz CT molecular complexity index is 802. The topological polar surface area (TPSA) is 40.5 Å². The Morgan fingerprint density at radius 2 is 1.66 bits per heavy atom. The third-order valence-electron chi connectivity index (χ3n) is 11.8. The van der Waals surface area contributed by atoms with Gasteiger partial charge in [-0.15, -0.1) is 0 Å². The number of aliphatic hydroxyl groups excluding tert-OH is 2. The molecule has 0 aromatic heterocycles. The molecule has 2 saturated carbocycles. The third-order valence-corrected chi connectivity index (χ3v) is 11.8. The van der Waals surface area contributed by atoms with Gasteiger partial charge in [0.05, 0.1) is 12.2 Å². The molecule has 182 valence electrons. The van der Waals surface area contributed by atoms with Crippen molar-refractivity contribution in [3.8, 4) is 0 Å². The summed E-state index contributed by atoms with van der Waals surface area (Å²) in [5.41, 5.74) is 5.70. The average Bonchev–Trinajstić information content (AvgIpc) is 3.00. The highest BCUT2D eigenvalue weighted by Gasteiger charge is 2.63. The summed E-state index contributed by atoms with van der Waals surface area (Å²) < 4.78 is 0. The second kappa shape index (κ2) is 7.98. The van der Waals surface area contributed by atoms with Crippen LogP contribution < -0.4 is 0 Å². The average molecular weight is 443 g/mol. The molecule has 0 heterocycles. The molecule has 4 aliphatic carbocycles. The Labute approximate surface area is 198 Å². The maximum absolute atomic E-state index is 11.0. The van der Waals surface area contributed by atoms with E-state index in [9.17, 15) is 10.2 Å².